The Labute approximate surface area is 206 Å². The van der Waals surface area contributed by atoms with E-state index in [1.807, 2.05) is 58.9 Å². The largest absolute Gasteiger partial charge is 0.387 e. The molecule has 3 amide bonds. The van der Waals surface area contributed by atoms with Crippen LogP contribution in [0.2, 0.25) is 10.0 Å². The van der Waals surface area contributed by atoms with Crippen LogP contribution in [0.3, 0.4) is 0 Å². The number of carbonyl (C=O) groups excluding carboxylic acids is 2. The van der Waals surface area contributed by atoms with E-state index in [9.17, 15) is 14.7 Å². The molecule has 0 saturated heterocycles. The topological polar surface area (TPSA) is 81.7 Å². The Morgan fingerprint density at radius 1 is 1.03 bits per heavy atom. The van der Waals surface area contributed by atoms with Crippen molar-refractivity contribution in [1.82, 2.24) is 10.2 Å². The molecule has 0 heterocycles. The summed E-state index contributed by atoms with van der Waals surface area (Å²) in [6.07, 6.45) is -0.206. The highest BCUT2D eigenvalue weighted by Gasteiger charge is 2.22. The number of aliphatic hydroxyl groups is 1. The average Bonchev–Trinajstić information content (AvgIpc) is 2.73. The van der Waals surface area contributed by atoms with Gasteiger partial charge in [0.05, 0.1) is 22.7 Å². The van der Waals surface area contributed by atoms with Crippen molar-refractivity contribution in [2.24, 2.45) is 5.41 Å². The first-order valence-corrected chi connectivity index (χ1v) is 11.7. The smallest absolute Gasteiger partial charge is 0.322 e. The molecular weight excluding hydrogens is 461 g/mol. The third-order valence-corrected chi connectivity index (χ3v) is 5.91. The summed E-state index contributed by atoms with van der Waals surface area (Å²) in [6, 6.07) is 12.0. The molecule has 0 bridgehead atoms. The van der Waals surface area contributed by atoms with Crippen molar-refractivity contribution in [3.63, 3.8) is 0 Å². The number of halogens is 2. The van der Waals surface area contributed by atoms with Gasteiger partial charge in [-0.3, -0.25) is 4.79 Å². The second-order valence-corrected chi connectivity index (χ2v) is 10.1. The van der Waals surface area contributed by atoms with E-state index in [2.05, 4.69) is 10.6 Å². The van der Waals surface area contributed by atoms with Crippen LogP contribution in [0.4, 0.5) is 10.5 Å². The second-order valence-electron chi connectivity index (χ2n) is 9.32. The first kappa shape index (κ1) is 27.0. The first-order valence-electron chi connectivity index (χ1n) is 11.0. The predicted octanol–water partition coefficient (Wildman–Crippen LogP) is 5.67. The maximum Gasteiger partial charge on any atom is 0.322 e. The van der Waals surface area contributed by atoms with Gasteiger partial charge in [-0.25, -0.2) is 4.79 Å². The molecule has 2 aromatic carbocycles. The Bertz CT molecular complexity index is 956. The first-order chi connectivity index (χ1) is 15.4. The van der Waals surface area contributed by atoms with E-state index in [0.717, 1.165) is 5.56 Å². The van der Waals surface area contributed by atoms with Gasteiger partial charge >= 0.3 is 6.03 Å². The zero-order chi connectivity index (χ0) is 24.8. The summed E-state index contributed by atoms with van der Waals surface area (Å²) in [6.45, 7) is 10.1. The minimum absolute atomic E-state index is 0.0169. The van der Waals surface area contributed by atoms with Crippen molar-refractivity contribution in [2.45, 2.75) is 53.2 Å². The van der Waals surface area contributed by atoms with Crippen LogP contribution in [0.15, 0.2) is 42.5 Å². The standard InChI is InChI=1S/C25H33Cl2N3O3/c1-16(2)30(15-22(31)18-8-11-20(26)21(27)14-18)24(33)29-19-9-6-17(7-10-19)12-13-28-23(32)25(3,4)5/h6-11,14,16,22,31H,12-13,15H2,1-5H3,(H,28,32)(H,29,33)/t22-/m1/s1. The summed E-state index contributed by atoms with van der Waals surface area (Å²) >= 11 is 12.0. The van der Waals surface area contributed by atoms with Crippen LogP contribution in [-0.2, 0) is 11.2 Å². The second kappa shape index (κ2) is 11.7. The number of anilines is 1. The SMILES string of the molecule is CC(C)N(C[C@@H](O)c1ccc(Cl)c(Cl)c1)C(=O)Nc1ccc(CCNC(=O)C(C)(C)C)cc1. The lowest BCUT2D eigenvalue weighted by molar-refractivity contribution is -0.128. The van der Waals surface area contributed by atoms with Crippen LogP contribution < -0.4 is 10.6 Å². The maximum atomic E-state index is 12.9. The maximum absolute atomic E-state index is 12.9. The van der Waals surface area contributed by atoms with Crippen molar-refractivity contribution in [2.75, 3.05) is 18.4 Å². The highest BCUT2D eigenvalue weighted by Crippen LogP contribution is 2.26. The van der Waals surface area contributed by atoms with E-state index in [0.29, 0.717) is 34.3 Å². The van der Waals surface area contributed by atoms with Crippen molar-refractivity contribution in [3.05, 3.63) is 63.6 Å². The Hall–Kier alpha value is -2.28. The molecule has 0 aromatic heterocycles. The molecule has 2 rings (SSSR count). The number of carbonyl (C=O) groups is 2. The van der Waals surface area contributed by atoms with Crippen molar-refractivity contribution in [3.8, 4) is 0 Å². The Morgan fingerprint density at radius 2 is 1.67 bits per heavy atom. The quantitative estimate of drug-likeness (QED) is 0.442. The normalized spacial score (nSPS) is 12.4. The van der Waals surface area contributed by atoms with Gasteiger partial charge < -0.3 is 20.6 Å². The molecule has 0 fully saturated rings. The molecule has 3 N–H and O–H groups in total. The molecule has 0 radical (unpaired) electrons. The van der Waals surface area contributed by atoms with Gasteiger partial charge in [0.2, 0.25) is 5.91 Å². The van der Waals surface area contributed by atoms with Crippen LogP contribution in [0.1, 0.15) is 51.8 Å². The van der Waals surface area contributed by atoms with E-state index in [4.69, 9.17) is 23.2 Å². The summed E-state index contributed by atoms with van der Waals surface area (Å²) < 4.78 is 0. The van der Waals surface area contributed by atoms with Crippen LogP contribution >= 0.6 is 23.2 Å². The monoisotopic (exact) mass is 493 g/mol. The molecule has 0 unspecified atom stereocenters. The van der Waals surface area contributed by atoms with E-state index in [1.54, 1.807) is 23.1 Å². The van der Waals surface area contributed by atoms with E-state index in [-0.39, 0.29) is 24.5 Å². The molecule has 0 aliphatic carbocycles. The van der Waals surface area contributed by atoms with Gasteiger partial charge in [0.25, 0.3) is 0 Å². The number of aliphatic hydroxyl groups excluding tert-OH is 1. The average molecular weight is 494 g/mol. The van der Waals surface area contributed by atoms with Gasteiger partial charge in [0.1, 0.15) is 0 Å². The molecule has 8 heteroatoms. The summed E-state index contributed by atoms with van der Waals surface area (Å²) in [7, 11) is 0. The minimum Gasteiger partial charge on any atom is -0.387 e. The summed E-state index contributed by atoms with van der Waals surface area (Å²) in [5.41, 5.74) is 1.88. The molecule has 0 aliphatic rings. The molecule has 180 valence electrons. The summed E-state index contributed by atoms with van der Waals surface area (Å²) in [5.74, 6) is 0.0169. The summed E-state index contributed by atoms with van der Waals surface area (Å²) in [4.78, 5) is 26.4. The Balaban J connectivity index is 1.95. The van der Waals surface area contributed by atoms with E-state index in [1.165, 1.54) is 0 Å². The van der Waals surface area contributed by atoms with Crippen LogP contribution in [0.5, 0.6) is 0 Å². The number of rotatable bonds is 8. The number of hydrogen-bond donors (Lipinski definition) is 3. The number of urea groups is 1. The molecule has 33 heavy (non-hydrogen) atoms. The third-order valence-electron chi connectivity index (χ3n) is 5.17. The van der Waals surface area contributed by atoms with Crippen LogP contribution in [-0.4, -0.2) is 41.1 Å². The van der Waals surface area contributed by atoms with Gasteiger partial charge in [0, 0.05) is 23.7 Å². The van der Waals surface area contributed by atoms with Gasteiger partial charge in [-0.05, 0) is 55.7 Å². The van der Waals surface area contributed by atoms with Crippen molar-refractivity contribution in [1.29, 1.82) is 0 Å². The fraction of sp³-hybridized carbons (Fsp3) is 0.440. The lowest BCUT2D eigenvalue weighted by Crippen LogP contribution is -2.42. The molecule has 1 atom stereocenters. The van der Waals surface area contributed by atoms with E-state index >= 15 is 0 Å². The number of nitrogens with one attached hydrogen (secondary N) is 2. The van der Waals surface area contributed by atoms with Crippen LogP contribution in [0.25, 0.3) is 0 Å². The molecular formula is C25H33Cl2N3O3. The van der Waals surface area contributed by atoms with Gasteiger partial charge in [-0.15, -0.1) is 0 Å². The Kier molecular flexibility index (Phi) is 9.58. The summed E-state index contributed by atoms with van der Waals surface area (Å²) in [5, 5.41) is 17.2. The fourth-order valence-electron chi connectivity index (χ4n) is 3.08. The highest BCUT2D eigenvalue weighted by atomic mass is 35.5. The zero-order valence-electron chi connectivity index (χ0n) is 19.8. The van der Waals surface area contributed by atoms with Gasteiger partial charge in [-0.1, -0.05) is 62.2 Å². The van der Waals surface area contributed by atoms with Crippen molar-refractivity contribution >= 4 is 40.8 Å². The van der Waals surface area contributed by atoms with E-state index < -0.39 is 11.5 Å². The number of nitrogens with zero attached hydrogens (tertiary/aromatic N) is 1. The lowest BCUT2D eigenvalue weighted by atomic mass is 9.95. The predicted molar refractivity (Wildman–Crippen MR) is 135 cm³/mol. The highest BCUT2D eigenvalue weighted by molar-refractivity contribution is 6.42. The number of amides is 3. The lowest BCUT2D eigenvalue weighted by Gasteiger charge is -2.29. The molecule has 6 nitrogen and oxygen atoms in total. The third kappa shape index (κ3) is 8.22. The zero-order valence-corrected chi connectivity index (χ0v) is 21.3. The Morgan fingerprint density at radius 3 is 2.21 bits per heavy atom. The van der Waals surface area contributed by atoms with Gasteiger partial charge in [-0.2, -0.15) is 0 Å². The van der Waals surface area contributed by atoms with Crippen LogP contribution in [0, 0.1) is 5.41 Å². The fourth-order valence-corrected chi connectivity index (χ4v) is 3.38. The molecule has 0 saturated carbocycles. The van der Waals surface area contributed by atoms with Gasteiger partial charge in [0.15, 0.2) is 0 Å². The van der Waals surface area contributed by atoms with Crippen molar-refractivity contribution < 1.29 is 14.7 Å². The molecule has 2 aromatic rings. The number of benzene rings is 2. The molecule has 0 aliphatic heterocycles. The minimum atomic E-state index is -0.904. The number of hydrogen-bond acceptors (Lipinski definition) is 3. The molecule has 0 spiro atoms.